The fourth-order valence-corrected chi connectivity index (χ4v) is 3.66. The van der Waals surface area contributed by atoms with Crippen LogP contribution in [0.5, 0.6) is 0 Å². The average Bonchev–Trinajstić information content (AvgIpc) is 2.54. The third-order valence-corrected chi connectivity index (χ3v) is 5.01. The van der Waals surface area contributed by atoms with Gasteiger partial charge in [-0.3, -0.25) is 9.00 Å². The zero-order chi connectivity index (χ0) is 12.3. The van der Waals surface area contributed by atoms with Gasteiger partial charge < -0.3 is 0 Å². The summed E-state index contributed by atoms with van der Waals surface area (Å²) in [5.41, 5.74) is 1.15. The third kappa shape index (κ3) is 3.03. The molecule has 0 spiro atoms. The number of ketones is 1. The number of benzene rings is 1. The van der Waals surface area contributed by atoms with Crippen LogP contribution in [-0.2, 0) is 15.6 Å². The van der Waals surface area contributed by atoms with Gasteiger partial charge in [0.25, 0.3) is 0 Å². The van der Waals surface area contributed by atoms with Gasteiger partial charge in [-0.05, 0) is 31.9 Å². The lowest BCUT2D eigenvalue weighted by Gasteiger charge is -2.12. The number of rotatable bonds is 2. The largest absolute Gasteiger partial charge is 0.298 e. The van der Waals surface area contributed by atoms with E-state index in [1.54, 1.807) is 0 Å². The van der Waals surface area contributed by atoms with Gasteiger partial charge in [-0.15, -0.1) is 0 Å². The molecule has 1 unspecified atom stereocenters. The van der Waals surface area contributed by atoms with E-state index in [1.807, 2.05) is 31.2 Å². The maximum Gasteiger partial charge on any atom is 0.148 e. The van der Waals surface area contributed by atoms with E-state index in [2.05, 4.69) is 0 Å². The molecule has 3 heteroatoms. The van der Waals surface area contributed by atoms with Crippen molar-refractivity contribution >= 4 is 16.6 Å². The second-order valence-electron chi connectivity index (χ2n) is 4.66. The van der Waals surface area contributed by atoms with Crippen LogP contribution in [0.4, 0.5) is 0 Å². The van der Waals surface area contributed by atoms with E-state index in [0.29, 0.717) is 6.42 Å². The van der Waals surface area contributed by atoms with Crippen molar-refractivity contribution in [2.75, 3.05) is 0 Å². The maximum absolute atomic E-state index is 12.4. The predicted octanol–water partition coefficient (Wildman–Crippen LogP) is 3.00. The van der Waals surface area contributed by atoms with Gasteiger partial charge in [0.1, 0.15) is 5.78 Å². The van der Waals surface area contributed by atoms with Gasteiger partial charge in [-0.2, -0.15) is 0 Å². The molecule has 0 N–H and O–H groups in total. The monoisotopic (exact) mass is 250 g/mol. The second-order valence-corrected chi connectivity index (χ2v) is 6.30. The molecule has 2 nitrogen and oxygen atoms in total. The van der Waals surface area contributed by atoms with Crippen molar-refractivity contribution in [3.63, 3.8) is 0 Å². The molecule has 17 heavy (non-hydrogen) atoms. The van der Waals surface area contributed by atoms with Gasteiger partial charge in [-0.1, -0.05) is 30.5 Å². The molecule has 0 heterocycles. The van der Waals surface area contributed by atoms with Crippen LogP contribution in [0.15, 0.2) is 29.2 Å². The first-order chi connectivity index (χ1) is 8.18. The highest BCUT2D eigenvalue weighted by atomic mass is 32.2. The van der Waals surface area contributed by atoms with Crippen LogP contribution in [0.1, 0.15) is 37.7 Å². The first-order valence-corrected chi connectivity index (χ1v) is 7.40. The Morgan fingerprint density at radius 1 is 1.12 bits per heavy atom. The van der Waals surface area contributed by atoms with Crippen molar-refractivity contribution in [1.82, 2.24) is 0 Å². The van der Waals surface area contributed by atoms with Crippen molar-refractivity contribution in [3.8, 4) is 0 Å². The van der Waals surface area contributed by atoms with E-state index in [-0.39, 0.29) is 11.0 Å². The summed E-state index contributed by atoms with van der Waals surface area (Å²) in [5.74, 6) is 0.182. The Balaban J connectivity index is 2.18. The molecular formula is C14H18O2S. The Kier molecular flexibility index (Phi) is 4.11. The average molecular weight is 250 g/mol. The standard InChI is InChI=1S/C14H18O2S/c1-11-7-9-12(10-8-11)17(16)14-6-4-2-3-5-13(14)15/h7-10,14H,2-6H2,1H3/t14-,17?/m1/s1. The van der Waals surface area contributed by atoms with Gasteiger partial charge in [0.2, 0.25) is 0 Å². The summed E-state index contributed by atoms with van der Waals surface area (Å²) in [5, 5.41) is -0.278. The number of aryl methyl sites for hydroxylation is 1. The molecule has 2 atom stereocenters. The summed E-state index contributed by atoms with van der Waals surface area (Å²) >= 11 is 0. The van der Waals surface area contributed by atoms with Crippen LogP contribution in [-0.4, -0.2) is 15.2 Å². The highest BCUT2D eigenvalue weighted by Gasteiger charge is 2.27. The second kappa shape index (κ2) is 5.58. The number of Topliss-reactive ketones (excluding diaryl/α,β-unsaturated/α-hetero) is 1. The minimum absolute atomic E-state index is 0.182. The molecule has 1 aliphatic carbocycles. The molecule has 0 saturated heterocycles. The van der Waals surface area contributed by atoms with Crippen molar-refractivity contribution in [1.29, 1.82) is 0 Å². The lowest BCUT2D eigenvalue weighted by molar-refractivity contribution is -0.118. The molecular weight excluding hydrogens is 232 g/mol. The summed E-state index contributed by atoms with van der Waals surface area (Å²) in [7, 11) is -1.17. The van der Waals surface area contributed by atoms with E-state index < -0.39 is 10.8 Å². The minimum atomic E-state index is -1.17. The zero-order valence-corrected chi connectivity index (χ0v) is 11.0. The van der Waals surface area contributed by atoms with Crippen molar-refractivity contribution in [3.05, 3.63) is 29.8 Å². The van der Waals surface area contributed by atoms with E-state index in [4.69, 9.17) is 0 Å². The first kappa shape index (κ1) is 12.5. The Bertz CT molecular complexity index is 422. The Morgan fingerprint density at radius 3 is 2.53 bits per heavy atom. The summed E-state index contributed by atoms with van der Waals surface area (Å²) in [6.45, 7) is 2.00. The van der Waals surface area contributed by atoms with Crippen LogP contribution in [0.2, 0.25) is 0 Å². The van der Waals surface area contributed by atoms with E-state index >= 15 is 0 Å². The zero-order valence-electron chi connectivity index (χ0n) is 10.1. The van der Waals surface area contributed by atoms with E-state index in [1.165, 1.54) is 0 Å². The summed E-state index contributed by atoms with van der Waals surface area (Å²) < 4.78 is 12.4. The molecule has 0 aliphatic heterocycles. The van der Waals surface area contributed by atoms with E-state index in [0.717, 1.165) is 36.1 Å². The molecule has 92 valence electrons. The molecule has 2 rings (SSSR count). The Labute approximate surface area is 105 Å². The number of carbonyl (C=O) groups excluding carboxylic acids is 1. The molecule has 1 aliphatic rings. The van der Waals surface area contributed by atoms with Gasteiger partial charge in [0.15, 0.2) is 0 Å². The number of hydrogen-bond acceptors (Lipinski definition) is 2. The number of carbonyl (C=O) groups is 1. The van der Waals surface area contributed by atoms with Gasteiger partial charge in [0, 0.05) is 11.3 Å². The summed E-state index contributed by atoms with van der Waals surface area (Å²) in [4.78, 5) is 12.7. The highest BCUT2D eigenvalue weighted by Crippen LogP contribution is 2.23. The summed E-state index contributed by atoms with van der Waals surface area (Å²) in [6.07, 6.45) is 4.45. The SMILES string of the molecule is Cc1ccc(S(=O)[C@@H]2CCCCCC2=O)cc1. The summed E-state index contributed by atoms with van der Waals surface area (Å²) in [6, 6.07) is 7.66. The Hall–Kier alpha value is -0.960. The lowest BCUT2D eigenvalue weighted by Crippen LogP contribution is -2.24. The van der Waals surface area contributed by atoms with Crippen LogP contribution >= 0.6 is 0 Å². The Morgan fingerprint density at radius 2 is 1.82 bits per heavy atom. The van der Waals surface area contributed by atoms with Gasteiger partial charge in [0.05, 0.1) is 16.0 Å². The molecule has 0 radical (unpaired) electrons. The molecule has 0 aromatic heterocycles. The fourth-order valence-electron chi connectivity index (χ4n) is 2.19. The quantitative estimate of drug-likeness (QED) is 0.756. The molecule has 1 saturated carbocycles. The molecule has 0 bridgehead atoms. The molecule has 0 amide bonds. The minimum Gasteiger partial charge on any atom is -0.298 e. The molecule has 1 aromatic carbocycles. The predicted molar refractivity (Wildman–Crippen MR) is 69.5 cm³/mol. The van der Waals surface area contributed by atoms with Crippen LogP contribution in [0, 0.1) is 6.92 Å². The smallest absolute Gasteiger partial charge is 0.148 e. The highest BCUT2D eigenvalue weighted by molar-refractivity contribution is 7.86. The third-order valence-electron chi connectivity index (χ3n) is 3.26. The fraction of sp³-hybridized carbons (Fsp3) is 0.500. The topological polar surface area (TPSA) is 34.1 Å². The lowest BCUT2D eigenvalue weighted by atomic mass is 10.2. The maximum atomic E-state index is 12.4. The molecule has 1 fully saturated rings. The van der Waals surface area contributed by atoms with Crippen molar-refractivity contribution in [2.45, 2.75) is 49.2 Å². The van der Waals surface area contributed by atoms with E-state index in [9.17, 15) is 9.00 Å². The number of hydrogen-bond donors (Lipinski definition) is 0. The van der Waals surface area contributed by atoms with Gasteiger partial charge in [-0.25, -0.2) is 0 Å². The van der Waals surface area contributed by atoms with Crippen molar-refractivity contribution in [2.24, 2.45) is 0 Å². The first-order valence-electron chi connectivity index (χ1n) is 6.18. The molecule has 1 aromatic rings. The van der Waals surface area contributed by atoms with Crippen LogP contribution in [0.25, 0.3) is 0 Å². The van der Waals surface area contributed by atoms with Gasteiger partial charge >= 0.3 is 0 Å². The normalized spacial score (nSPS) is 23.1. The van der Waals surface area contributed by atoms with Crippen LogP contribution < -0.4 is 0 Å². The van der Waals surface area contributed by atoms with Crippen LogP contribution in [0.3, 0.4) is 0 Å². The van der Waals surface area contributed by atoms with Crippen molar-refractivity contribution < 1.29 is 9.00 Å².